The average molecular weight is 596 g/mol. The number of carbonyl (C=O) groups is 2. The van der Waals surface area contributed by atoms with Gasteiger partial charge in [0.05, 0.1) is 24.4 Å². The summed E-state index contributed by atoms with van der Waals surface area (Å²) in [4.78, 5) is 43.6. The number of nitrogens with one attached hydrogen (secondary N) is 2. The Balaban J connectivity index is 1.28. The molecule has 6 rings (SSSR count). The third-order valence-electron chi connectivity index (χ3n) is 7.04. The van der Waals surface area contributed by atoms with Crippen LogP contribution in [0.1, 0.15) is 12.5 Å². The topological polar surface area (TPSA) is 122 Å². The summed E-state index contributed by atoms with van der Waals surface area (Å²) < 4.78 is 35.3. The fraction of sp³-hybridized carbons (Fsp3) is 0.188. The molecule has 44 heavy (non-hydrogen) atoms. The molecule has 5 aromatic rings. The first-order valence-corrected chi connectivity index (χ1v) is 13.9. The molecule has 0 atom stereocenters. The van der Waals surface area contributed by atoms with Crippen molar-refractivity contribution in [2.24, 2.45) is 0 Å². The maximum atomic E-state index is 15.3. The number of ether oxygens (including phenoxy) is 1. The maximum Gasteiger partial charge on any atom is 0.323 e. The summed E-state index contributed by atoms with van der Waals surface area (Å²) in [5.41, 5.74) is 3.41. The molecule has 0 radical (unpaired) electrons. The number of pyridine rings is 2. The third kappa shape index (κ3) is 6.35. The van der Waals surface area contributed by atoms with Crippen LogP contribution in [0.25, 0.3) is 33.5 Å². The summed E-state index contributed by atoms with van der Waals surface area (Å²) in [7, 11) is 0. The number of carbonyl (C=O) groups excluding carboxylic acids is 2. The number of morpholine rings is 1. The van der Waals surface area contributed by atoms with Gasteiger partial charge in [-0.05, 0) is 61.0 Å². The van der Waals surface area contributed by atoms with Crippen LogP contribution in [-0.2, 0) is 16.0 Å². The van der Waals surface area contributed by atoms with E-state index in [1.165, 1.54) is 25.3 Å². The minimum absolute atomic E-state index is 0.0373. The Hall–Kier alpha value is -5.36. The van der Waals surface area contributed by atoms with Crippen LogP contribution in [0.3, 0.4) is 0 Å². The number of ketones is 1. The summed E-state index contributed by atoms with van der Waals surface area (Å²) in [5, 5.41) is 5.17. The molecule has 0 unspecified atom stereocenters. The number of benzene rings is 2. The Labute approximate surface area is 251 Å². The predicted molar refractivity (Wildman–Crippen MR) is 162 cm³/mol. The lowest BCUT2D eigenvalue weighted by atomic mass is 10.1. The summed E-state index contributed by atoms with van der Waals surface area (Å²) >= 11 is 0. The SMILES string of the molecule is CC(=O)Cc1ccc(NC(=O)Nc2ccc(-c3nc(N4CCOCC4)c4ncc(-c5cccnc5F)cc4n3)cc2F)cc1. The number of aromatic nitrogens is 4. The number of fused-ring (bicyclic) bond motifs is 1. The molecule has 0 bridgehead atoms. The van der Waals surface area contributed by atoms with E-state index in [-0.39, 0.29) is 22.9 Å². The van der Waals surface area contributed by atoms with Gasteiger partial charge in [0.15, 0.2) is 11.6 Å². The van der Waals surface area contributed by atoms with Gasteiger partial charge < -0.3 is 20.3 Å². The summed E-state index contributed by atoms with van der Waals surface area (Å²) in [5.74, 6) is -0.478. The number of rotatable bonds is 7. The van der Waals surface area contributed by atoms with Gasteiger partial charge in [0.25, 0.3) is 0 Å². The highest BCUT2D eigenvalue weighted by atomic mass is 19.1. The van der Waals surface area contributed by atoms with Crippen molar-refractivity contribution >= 4 is 40.0 Å². The molecular formula is C32H27F2N7O3. The van der Waals surface area contributed by atoms with E-state index in [1.807, 2.05) is 4.90 Å². The summed E-state index contributed by atoms with van der Waals surface area (Å²) in [6.45, 7) is 3.70. The quantitative estimate of drug-likeness (QED) is 0.232. The van der Waals surface area contributed by atoms with Crippen molar-refractivity contribution < 1.29 is 23.1 Å². The molecule has 1 saturated heterocycles. The van der Waals surface area contributed by atoms with E-state index in [0.29, 0.717) is 66.4 Å². The molecule has 0 aliphatic carbocycles. The lowest BCUT2D eigenvalue weighted by Gasteiger charge is -2.28. The van der Waals surface area contributed by atoms with E-state index in [1.54, 1.807) is 54.7 Å². The van der Waals surface area contributed by atoms with Crippen LogP contribution in [0.2, 0.25) is 0 Å². The fourth-order valence-electron chi connectivity index (χ4n) is 4.91. The minimum Gasteiger partial charge on any atom is -0.378 e. The molecule has 1 aliphatic heterocycles. The van der Waals surface area contributed by atoms with Crippen LogP contribution in [0, 0.1) is 11.8 Å². The molecule has 2 N–H and O–H groups in total. The van der Waals surface area contributed by atoms with Crippen LogP contribution in [0.5, 0.6) is 0 Å². The van der Waals surface area contributed by atoms with Gasteiger partial charge in [-0.25, -0.2) is 24.1 Å². The molecule has 0 spiro atoms. The summed E-state index contributed by atoms with van der Waals surface area (Å²) in [6.07, 6.45) is 3.23. The monoisotopic (exact) mass is 595 g/mol. The summed E-state index contributed by atoms with van der Waals surface area (Å²) in [6, 6.07) is 15.4. The first-order valence-electron chi connectivity index (χ1n) is 13.9. The first-order chi connectivity index (χ1) is 21.3. The maximum absolute atomic E-state index is 15.3. The van der Waals surface area contributed by atoms with E-state index in [4.69, 9.17) is 9.72 Å². The standard InChI is InChI=1S/C32H27F2N7O3/c1-19(42)15-20-4-7-23(8-5-20)37-32(43)39-26-9-6-21(16-25(26)33)30-38-27-17-22(24-3-2-10-35-29(24)34)18-36-28(27)31(40-30)41-11-13-44-14-12-41/h2-10,16-18H,11-15H2,1H3,(H2,37,39,43). The molecule has 2 aromatic carbocycles. The number of Topliss-reactive ketones (excluding diaryl/α,β-unsaturated/α-hetero) is 1. The van der Waals surface area contributed by atoms with E-state index in [0.717, 1.165) is 5.56 Å². The van der Waals surface area contributed by atoms with Gasteiger partial charge in [-0.1, -0.05) is 12.1 Å². The van der Waals surface area contributed by atoms with Crippen LogP contribution in [0.15, 0.2) is 73.1 Å². The third-order valence-corrected chi connectivity index (χ3v) is 7.04. The Kier molecular flexibility index (Phi) is 8.15. The molecular weight excluding hydrogens is 568 g/mol. The number of anilines is 3. The van der Waals surface area contributed by atoms with Crippen molar-refractivity contribution in [3.05, 3.63) is 90.4 Å². The molecule has 4 heterocycles. The number of amides is 2. The largest absolute Gasteiger partial charge is 0.378 e. The number of halogens is 2. The van der Waals surface area contributed by atoms with Crippen molar-refractivity contribution in [3.63, 3.8) is 0 Å². The molecule has 0 saturated carbocycles. The first kappa shape index (κ1) is 28.7. The zero-order valence-corrected chi connectivity index (χ0v) is 23.7. The Morgan fingerprint density at radius 3 is 2.45 bits per heavy atom. The number of hydrogen-bond acceptors (Lipinski definition) is 8. The highest BCUT2D eigenvalue weighted by molar-refractivity contribution is 6.00. The van der Waals surface area contributed by atoms with Gasteiger partial charge in [-0.2, -0.15) is 4.39 Å². The van der Waals surface area contributed by atoms with Gasteiger partial charge in [0.2, 0.25) is 5.95 Å². The van der Waals surface area contributed by atoms with Gasteiger partial charge in [0, 0.05) is 54.3 Å². The highest BCUT2D eigenvalue weighted by Crippen LogP contribution is 2.31. The zero-order valence-electron chi connectivity index (χ0n) is 23.7. The highest BCUT2D eigenvalue weighted by Gasteiger charge is 2.21. The van der Waals surface area contributed by atoms with Gasteiger partial charge >= 0.3 is 6.03 Å². The molecule has 10 nitrogen and oxygen atoms in total. The Morgan fingerprint density at radius 2 is 1.73 bits per heavy atom. The van der Waals surface area contributed by atoms with Crippen molar-refractivity contribution in [1.29, 1.82) is 0 Å². The lowest BCUT2D eigenvalue weighted by molar-refractivity contribution is -0.116. The second-order valence-corrected chi connectivity index (χ2v) is 10.3. The normalized spacial score (nSPS) is 13.1. The molecule has 2 amide bonds. The second kappa shape index (κ2) is 12.5. The van der Waals surface area contributed by atoms with E-state index in [2.05, 4.69) is 25.6 Å². The number of urea groups is 1. The fourth-order valence-corrected chi connectivity index (χ4v) is 4.91. The smallest absolute Gasteiger partial charge is 0.323 e. The van der Waals surface area contributed by atoms with E-state index >= 15 is 4.39 Å². The molecule has 3 aromatic heterocycles. The Morgan fingerprint density at radius 1 is 0.932 bits per heavy atom. The predicted octanol–water partition coefficient (Wildman–Crippen LogP) is 5.64. The number of nitrogens with zero attached hydrogens (tertiary/aromatic N) is 5. The molecule has 222 valence electrons. The zero-order chi connectivity index (χ0) is 30.6. The van der Waals surface area contributed by atoms with Gasteiger partial charge in [-0.3, -0.25) is 9.78 Å². The van der Waals surface area contributed by atoms with Crippen molar-refractivity contribution in [2.75, 3.05) is 41.8 Å². The van der Waals surface area contributed by atoms with Crippen LogP contribution >= 0.6 is 0 Å². The van der Waals surface area contributed by atoms with Crippen molar-refractivity contribution in [3.8, 4) is 22.5 Å². The van der Waals surface area contributed by atoms with Gasteiger partial charge in [-0.15, -0.1) is 0 Å². The number of hydrogen-bond donors (Lipinski definition) is 2. The molecule has 1 fully saturated rings. The second-order valence-electron chi connectivity index (χ2n) is 10.3. The minimum atomic E-state index is -0.685. The molecule has 1 aliphatic rings. The lowest BCUT2D eigenvalue weighted by Crippen LogP contribution is -2.37. The van der Waals surface area contributed by atoms with Crippen LogP contribution in [-0.4, -0.2) is 58.1 Å². The Bertz CT molecular complexity index is 1860. The van der Waals surface area contributed by atoms with Crippen molar-refractivity contribution in [1.82, 2.24) is 19.9 Å². The van der Waals surface area contributed by atoms with E-state index < -0.39 is 17.8 Å². The average Bonchev–Trinajstić information content (AvgIpc) is 3.02. The van der Waals surface area contributed by atoms with Crippen LogP contribution in [0.4, 0.5) is 30.8 Å². The van der Waals surface area contributed by atoms with E-state index in [9.17, 15) is 14.0 Å². The van der Waals surface area contributed by atoms with Gasteiger partial charge in [0.1, 0.15) is 17.1 Å². The van der Waals surface area contributed by atoms with Crippen LogP contribution < -0.4 is 15.5 Å². The molecule has 12 heteroatoms. The van der Waals surface area contributed by atoms with Crippen molar-refractivity contribution in [2.45, 2.75) is 13.3 Å².